The lowest BCUT2D eigenvalue weighted by atomic mass is 10.1. The Bertz CT molecular complexity index is 879. The monoisotopic (exact) mass is 808 g/mol. The van der Waals surface area contributed by atoms with Gasteiger partial charge in [0.05, 0.1) is 28.4 Å². The molecule has 0 amide bonds. The van der Waals surface area contributed by atoms with E-state index in [1.165, 1.54) is 28.4 Å². The number of unbranched alkanes of at least 4 members (excludes halogenated alkanes) is 12. The smallest absolute Gasteiger partial charge is 0.317 e. The van der Waals surface area contributed by atoms with Crippen molar-refractivity contribution in [2.45, 2.75) is 179 Å². The van der Waals surface area contributed by atoms with Crippen molar-refractivity contribution < 1.29 is 54.6 Å². The fourth-order valence-corrected chi connectivity index (χ4v) is 30.6. The number of methoxy groups -OCH3 is 4. The average Bonchev–Trinajstić information content (AvgIpc) is 3.09. The Morgan fingerprint density at radius 3 is 0.673 bits per heavy atom. The van der Waals surface area contributed by atoms with Crippen LogP contribution in [0, 0.1) is 0 Å². The van der Waals surface area contributed by atoms with Crippen molar-refractivity contribution in [2.24, 2.45) is 0 Å². The Morgan fingerprint density at radius 2 is 0.500 bits per heavy atom. The molecule has 0 radical (unpaired) electrons. The molecule has 52 heavy (non-hydrogen) atoms. The van der Waals surface area contributed by atoms with Gasteiger partial charge in [-0.2, -0.15) is 0 Å². The summed E-state index contributed by atoms with van der Waals surface area (Å²) in [5.74, 6) is -0.686. The fourth-order valence-electron chi connectivity index (χ4n) is 7.00. The minimum Gasteiger partial charge on any atom is -0.469 e. The summed E-state index contributed by atoms with van der Waals surface area (Å²) in [6.07, 6.45) is 16.4. The molecule has 0 aromatic rings. The van der Waals surface area contributed by atoms with Crippen LogP contribution in [-0.2, 0) is 54.6 Å². The number of rotatable bonds is 28. The van der Waals surface area contributed by atoms with Crippen LogP contribution in [0.3, 0.4) is 0 Å². The van der Waals surface area contributed by atoms with E-state index in [1.807, 2.05) is 0 Å². The number of carbonyl (C=O) groups is 4. The molecule has 1 fully saturated rings. The van der Waals surface area contributed by atoms with Crippen molar-refractivity contribution in [3.8, 4) is 0 Å². The Morgan fingerprint density at radius 1 is 0.327 bits per heavy atom. The molecule has 1 saturated heterocycles. The molecule has 1 rings (SSSR count). The van der Waals surface area contributed by atoms with Gasteiger partial charge in [0.1, 0.15) is 0 Å². The molecule has 0 saturated carbocycles. The number of esters is 4. The number of hydrogen-bond acceptors (Lipinski definition) is 12. The van der Waals surface area contributed by atoms with E-state index in [-0.39, 0.29) is 23.9 Å². The van der Waals surface area contributed by atoms with Gasteiger partial charge in [0.25, 0.3) is 0 Å². The lowest BCUT2D eigenvalue weighted by molar-refractivity contribution is -0.141. The lowest BCUT2D eigenvalue weighted by Crippen LogP contribution is -2.67. The lowest BCUT2D eigenvalue weighted by Gasteiger charge is -2.50. The third-order valence-corrected chi connectivity index (χ3v) is 28.5. The van der Waals surface area contributed by atoms with Crippen molar-refractivity contribution in [2.75, 3.05) is 28.4 Å². The van der Waals surface area contributed by atoms with E-state index in [9.17, 15) is 19.2 Å². The summed E-state index contributed by atoms with van der Waals surface area (Å²) < 4.78 is 48.5. The van der Waals surface area contributed by atoms with Crippen molar-refractivity contribution in [3.05, 3.63) is 0 Å². The molecule has 0 unspecified atom stereocenters. The molecule has 1 heterocycles. The Kier molecular flexibility index (Phi) is 24.7. The zero-order valence-electron chi connectivity index (χ0n) is 33.9. The average molecular weight is 809 g/mol. The van der Waals surface area contributed by atoms with Crippen LogP contribution in [0.1, 0.15) is 128 Å². The highest BCUT2D eigenvalue weighted by Crippen LogP contribution is 2.39. The molecule has 0 spiro atoms. The van der Waals surface area contributed by atoms with E-state index in [0.29, 0.717) is 25.7 Å². The highest BCUT2D eigenvalue weighted by molar-refractivity contribution is 6.93. The number of hydrogen-bond donors (Lipinski definition) is 0. The van der Waals surface area contributed by atoms with E-state index in [1.54, 1.807) is 0 Å². The van der Waals surface area contributed by atoms with Crippen molar-refractivity contribution in [1.29, 1.82) is 0 Å². The summed E-state index contributed by atoms with van der Waals surface area (Å²) in [6.45, 7) is 8.79. The normalized spacial score (nSPS) is 24.8. The van der Waals surface area contributed by atoms with Gasteiger partial charge in [-0.25, -0.2) is 0 Å². The quantitative estimate of drug-likeness (QED) is 0.0323. The molecule has 0 bridgehead atoms. The Labute approximate surface area is 319 Å². The van der Waals surface area contributed by atoms with Crippen LogP contribution >= 0.6 is 0 Å². The molecule has 0 atom stereocenters. The van der Waals surface area contributed by atoms with Crippen molar-refractivity contribution in [3.63, 3.8) is 0 Å². The zero-order valence-corrected chi connectivity index (χ0v) is 37.9. The third-order valence-electron chi connectivity index (χ3n) is 9.69. The van der Waals surface area contributed by atoms with Crippen LogP contribution in [0.25, 0.3) is 0 Å². The summed E-state index contributed by atoms with van der Waals surface area (Å²) in [4.78, 5) is 46.4. The first-order chi connectivity index (χ1) is 24.6. The first kappa shape index (κ1) is 48.6. The molecule has 304 valence electrons. The van der Waals surface area contributed by atoms with Crippen molar-refractivity contribution >= 4 is 58.1 Å². The van der Waals surface area contributed by atoms with E-state index >= 15 is 0 Å². The van der Waals surface area contributed by atoms with Gasteiger partial charge in [-0.15, -0.1) is 0 Å². The molecular weight excluding hydrogens is 737 g/mol. The van der Waals surface area contributed by atoms with E-state index < -0.39 is 34.2 Å². The van der Waals surface area contributed by atoms with Crippen LogP contribution in [0.5, 0.6) is 0 Å². The van der Waals surface area contributed by atoms with E-state index in [0.717, 1.165) is 127 Å². The second-order valence-electron chi connectivity index (χ2n) is 14.9. The summed E-state index contributed by atoms with van der Waals surface area (Å²) in [6, 6.07) is 3.33. The molecule has 16 heteroatoms. The summed E-state index contributed by atoms with van der Waals surface area (Å²) in [7, 11) is -5.32. The summed E-state index contributed by atoms with van der Waals surface area (Å²) >= 11 is 0. The molecule has 1 aliphatic rings. The van der Waals surface area contributed by atoms with Gasteiger partial charge >= 0.3 is 58.1 Å². The molecule has 0 aromatic carbocycles. The Balaban J connectivity index is 3.16. The highest BCUT2D eigenvalue weighted by atomic mass is 28.5. The summed E-state index contributed by atoms with van der Waals surface area (Å²) in [5.41, 5.74) is 0. The van der Waals surface area contributed by atoms with Crippen LogP contribution in [0.2, 0.25) is 50.4 Å². The van der Waals surface area contributed by atoms with Crippen LogP contribution in [0.15, 0.2) is 0 Å². The standard InChI is InChI=1S/C36H72O12Si4/c1-41-33(37)25-17-9-13-21-29-49(5)45-50(6,30-22-14-10-18-26-34(38)42-2)47-52(8,32-24-16-12-20-28-36(40)44-4)48-51(7,46-49)31-23-15-11-19-27-35(39)43-3/h9-32H2,1-8H3. The predicted molar refractivity (Wildman–Crippen MR) is 210 cm³/mol. The second-order valence-corrected chi connectivity index (χ2v) is 29.2. The van der Waals surface area contributed by atoms with Crippen LogP contribution in [0.4, 0.5) is 0 Å². The molecule has 1 aliphatic heterocycles. The molecule has 0 aromatic heterocycles. The first-order valence-electron chi connectivity index (χ1n) is 19.7. The highest BCUT2D eigenvalue weighted by Gasteiger charge is 2.56. The molecule has 12 nitrogen and oxygen atoms in total. The largest absolute Gasteiger partial charge is 0.469 e. The van der Waals surface area contributed by atoms with E-state index in [4.69, 9.17) is 35.4 Å². The molecular formula is C36H72O12Si4. The maximum absolute atomic E-state index is 11.6. The minimum atomic E-state index is -2.76. The van der Waals surface area contributed by atoms with Gasteiger partial charge in [-0.3, -0.25) is 19.2 Å². The number of ether oxygens (including phenoxy) is 4. The van der Waals surface area contributed by atoms with Gasteiger partial charge in [0.15, 0.2) is 0 Å². The molecule has 0 aliphatic carbocycles. The van der Waals surface area contributed by atoms with Gasteiger partial charge in [0, 0.05) is 25.7 Å². The van der Waals surface area contributed by atoms with Gasteiger partial charge < -0.3 is 35.4 Å². The van der Waals surface area contributed by atoms with Gasteiger partial charge in [0.2, 0.25) is 0 Å². The Hall–Kier alpha value is -1.41. The van der Waals surface area contributed by atoms with Crippen molar-refractivity contribution in [1.82, 2.24) is 0 Å². The minimum absolute atomic E-state index is 0.171. The third kappa shape index (κ3) is 22.1. The zero-order chi connectivity index (χ0) is 38.9. The maximum Gasteiger partial charge on any atom is 0.317 e. The number of carbonyl (C=O) groups excluding carboxylic acids is 4. The summed E-state index contributed by atoms with van der Waals surface area (Å²) in [5, 5.41) is 0. The van der Waals surface area contributed by atoms with E-state index in [2.05, 4.69) is 26.2 Å². The van der Waals surface area contributed by atoms with Gasteiger partial charge in [-0.05, 0) is 76.0 Å². The second kappa shape index (κ2) is 26.4. The fraction of sp³-hybridized carbons (Fsp3) is 0.889. The van der Waals surface area contributed by atoms with Crippen LogP contribution in [-0.4, -0.2) is 86.6 Å². The SMILES string of the molecule is COC(=O)CCCCCC[Si]1(C)O[Si](C)(CCCCCCC(=O)OC)O[Si](C)(CCCCCCC(=O)OC)O[Si](C)(CCCCCCC(=O)OC)O1. The molecule has 0 N–H and O–H groups in total. The topological polar surface area (TPSA) is 142 Å². The van der Waals surface area contributed by atoms with Crippen LogP contribution < -0.4 is 0 Å². The first-order valence-corrected chi connectivity index (χ1v) is 29.8. The predicted octanol–water partition coefficient (Wildman–Crippen LogP) is 8.85. The maximum atomic E-state index is 11.6. The van der Waals surface area contributed by atoms with Gasteiger partial charge in [-0.1, -0.05) is 77.0 Å².